The van der Waals surface area contributed by atoms with E-state index in [1.165, 1.54) is 6.33 Å². The van der Waals surface area contributed by atoms with Crippen LogP contribution in [0.15, 0.2) is 35.1 Å². The highest BCUT2D eigenvalue weighted by Crippen LogP contribution is 2.32. The first-order valence-electron chi connectivity index (χ1n) is 4.50. The van der Waals surface area contributed by atoms with Gasteiger partial charge in [0.2, 0.25) is 5.15 Å². The number of rotatable bonds is 2. The van der Waals surface area contributed by atoms with Gasteiger partial charge in [0.05, 0.1) is 4.92 Å². The van der Waals surface area contributed by atoms with Gasteiger partial charge in [-0.15, -0.1) is 0 Å². The van der Waals surface area contributed by atoms with E-state index in [4.69, 9.17) is 11.6 Å². The first-order valence-corrected chi connectivity index (χ1v) is 5.67. The zero-order chi connectivity index (χ0) is 12.4. The molecule has 0 fully saturated rings. The number of hydrogen-bond acceptors (Lipinski definition) is 4. The van der Waals surface area contributed by atoms with Gasteiger partial charge in [0.25, 0.3) is 0 Å². The van der Waals surface area contributed by atoms with Crippen molar-refractivity contribution >= 4 is 33.2 Å². The molecule has 0 radical (unpaired) electrons. The number of halogens is 2. The molecule has 0 aliphatic heterocycles. The molecule has 2 rings (SSSR count). The first kappa shape index (κ1) is 11.9. The van der Waals surface area contributed by atoms with E-state index in [2.05, 4.69) is 25.9 Å². The summed E-state index contributed by atoms with van der Waals surface area (Å²) < 4.78 is 0.879. The molecule has 5 nitrogen and oxygen atoms in total. The van der Waals surface area contributed by atoms with Gasteiger partial charge in [-0.05, 0) is 12.1 Å². The zero-order valence-corrected chi connectivity index (χ0v) is 10.6. The normalized spacial score (nSPS) is 10.2. The van der Waals surface area contributed by atoms with Crippen molar-refractivity contribution in [1.82, 2.24) is 9.97 Å². The average molecular weight is 315 g/mol. The lowest BCUT2D eigenvalue weighted by atomic mass is 10.1. The Morgan fingerprint density at radius 3 is 2.47 bits per heavy atom. The van der Waals surface area contributed by atoms with Gasteiger partial charge < -0.3 is 0 Å². The third-order valence-electron chi connectivity index (χ3n) is 2.08. The third-order valence-corrected chi connectivity index (χ3v) is 2.88. The Labute approximate surface area is 110 Å². The topological polar surface area (TPSA) is 68.9 Å². The summed E-state index contributed by atoms with van der Waals surface area (Å²) in [5, 5.41) is 10.8. The Kier molecular flexibility index (Phi) is 3.35. The molecule has 1 aromatic heterocycles. The van der Waals surface area contributed by atoms with Crippen LogP contribution < -0.4 is 0 Å². The van der Waals surface area contributed by atoms with Crippen molar-refractivity contribution in [3.63, 3.8) is 0 Å². The molecule has 0 saturated heterocycles. The molecule has 0 N–H and O–H groups in total. The van der Waals surface area contributed by atoms with E-state index < -0.39 is 4.92 Å². The van der Waals surface area contributed by atoms with Crippen LogP contribution in [0.3, 0.4) is 0 Å². The smallest absolute Gasteiger partial charge is 0.258 e. The van der Waals surface area contributed by atoms with Crippen LogP contribution in [0.4, 0.5) is 5.69 Å². The van der Waals surface area contributed by atoms with Crippen molar-refractivity contribution < 1.29 is 4.92 Å². The second kappa shape index (κ2) is 4.77. The van der Waals surface area contributed by atoms with Gasteiger partial charge in [0.1, 0.15) is 6.33 Å². The van der Waals surface area contributed by atoms with Gasteiger partial charge in [0.15, 0.2) is 5.69 Å². The Bertz CT molecular complexity index is 574. The molecule has 0 spiro atoms. The van der Waals surface area contributed by atoms with Gasteiger partial charge in [-0.1, -0.05) is 39.7 Å². The van der Waals surface area contributed by atoms with E-state index >= 15 is 0 Å². The molecule has 0 aliphatic carbocycles. The van der Waals surface area contributed by atoms with Crippen LogP contribution in [-0.4, -0.2) is 14.9 Å². The largest absolute Gasteiger partial charge is 0.332 e. The molecule has 17 heavy (non-hydrogen) atoms. The predicted octanol–water partition coefficient (Wildman–Crippen LogP) is 3.47. The van der Waals surface area contributed by atoms with E-state index in [0.29, 0.717) is 5.56 Å². The van der Waals surface area contributed by atoms with E-state index in [9.17, 15) is 10.1 Å². The molecule has 1 aromatic carbocycles. The molecule has 1 heterocycles. The highest BCUT2D eigenvalue weighted by molar-refractivity contribution is 9.10. The summed E-state index contributed by atoms with van der Waals surface area (Å²) in [6.07, 6.45) is 1.20. The van der Waals surface area contributed by atoms with Crippen LogP contribution >= 0.6 is 27.5 Å². The molecule has 2 aromatic rings. The number of nitrogens with zero attached hydrogens (tertiary/aromatic N) is 3. The average Bonchev–Trinajstić information content (AvgIpc) is 2.29. The molecule has 0 amide bonds. The maximum absolute atomic E-state index is 10.9. The quantitative estimate of drug-likeness (QED) is 0.483. The summed E-state index contributed by atoms with van der Waals surface area (Å²) in [5.41, 5.74) is 0.545. The van der Waals surface area contributed by atoms with Crippen molar-refractivity contribution in [3.8, 4) is 11.3 Å². The summed E-state index contributed by atoms with van der Waals surface area (Å²) in [4.78, 5) is 17.8. The van der Waals surface area contributed by atoms with Gasteiger partial charge >= 0.3 is 5.69 Å². The Balaban J connectivity index is 2.63. The molecule has 0 saturated carbocycles. The van der Waals surface area contributed by atoms with Crippen LogP contribution in [0.1, 0.15) is 0 Å². The highest BCUT2D eigenvalue weighted by atomic mass is 79.9. The molecule has 0 unspecified atom stereocenters. The van der Waals surface area contributed by atoms with Crippen LogP contribution in [-0.2, 0) is 0 Å². The summed E-state index contributed by atoms with van der Waals surface area (Å²) in [6.45, 7) is 0. The molecule has 0 bridgehead atoms. The minimum Gasteiger partial charge on any atom is -0.258 e. The molecular weight excluding hydrogens is 309 g/mol. The van der Waals surface area contributed by atoms with Crippen LogP contribution in [0.2, 0.25) is 5.15 Å². The summed E-state index contributed by atoms with van der Waals surface area (Å²) in [5.74, 6) is 0. The minimum absolute atomic E-state index is 0.164. The fourth-order valence-corrected chi connectivity index (χ4v) is 1.80. The van der Waals surface area contributed by atoms with Crippen LogP contribution in [0.5, 0.6) is 0 Å². The molecule has 0 atom stereocenters. The number of benzene rings is 1. The third kappa shape index (κ3) is 2.42. The monoisotopic (exact) mass is 313 g/mol. The summed E-state index contributed by atoms with van der Waals surface area (Å²) in [7, 11) is 0. The standard InChI is InChI=1S/C10H5BrClN3O2/c11-7-3-1-6(2-4-7)8-9(15(16)17)10(12)14-5-13-8/h1-5H. The van der Waals surface area contributed by atoms with E-state index in [-0.39, 0.29) is 16.5 Å². The second-order valence-corrected chi connectivity index (χ2v) is 4.40. The van der Waals surface area contributed by atoms with Crippen molar-refractivity contribution in [2.75, 3.05) is 0 Å². The van der Waals surface area contributed by atoms with Gasteiger partial charge in [-0.3, -0.25) is 10.1 Å². The van der Waals surface area contributed by atoms with Crippen LogP contribution in [0, 0.1) is 10.1 Å². The first-order chi connectivity index (χ1) is 8.09. The SMILES string of the molecule is O=[N+]([O-])c1c(Cl)ncnc1-c1ccc(Br)cc1. The maximum atomic E-state index is 10.9. The van der Waals surface area contributed by atoms with Crippen molar-refractivity contribution in [2.45, 2.75) is 0 Å². The van der Waals surface area contributed by atoms with Crippen molar-refractivity contribution in [3.05, 3.63) is 50.3 Å². The predicted molar refractivity (Wildman–Crippen MR) is 66.8 cm³/mol. The van der Waals surface area contributed by atoms with Gasteiger partial charge in [0, 0.05) is 10.0 Å². The zero-order valence-electron chi connectivity index (χ0n) is 8.30. The lowest BCUT2D eigenvalue weighted by molar-refractivity contribution is -0.384. The lowest BCUT2D eigenvalue weighted by Gasteiger charge is -2.02. The number of hydrogen-bond donors (Lipinski definition) is 0. The van der Waals surface area contributed by atoms with Gasteiger partial charge in [-0.25, -0.2) is 9.97 Å². The van der Waals surface area contributed by atoms with E-state index in [1.807, 2.05) is 0 Å². The number of nitro groups is 1. The van der Waals surface area contributed by atoms with Crippen molar-refractivity contribution in [1.29, 1.82) is 0 Å². The Morgan fingerprint density at radius 1 is 1.24 bits per heavy atom. The molecule has 86 valence electrons. The number of aromatic nitrogens is 2. The van der Waals surface area contributed by atoms with E-state index in [0.717, 1.165) is 4.47 Å². The van der Waals surface area contributed by atoms with Crippen LogP contribution in [0.25, 0.3) is 11.3 Å². The second-order valence-electron chi connectivity index (χ2n) is 3.13. The molecule has 7 heteroatoms. The lowest BCUT2D eigenvalue weighted by Crippen LogP contribution is -1.97. The summed E-state index contributed by atoms with van der Waals surface area (Å²) in [6, 6.07) is 6.98. The van der Waals surface area contributed by atoms with Gasteiger partial charge in [-0.2, -0.15) is 0 Å². The molecule has 0 aliphatic rings. The maximum Gasteiger partial charge on any atom is 0.332 e. The molecular formula is C10H5BrClN3O2. The fourth-order valence-electron chi connectivity index (χ4n) is 1.34. The summed E-state index contributed by atoms with van der Waals surface area (Å²) >= 11 is 8.99. The minimum atomic E-state index is -0.584. The van der Waals surface area contributed by atoms with E-state index in [1.54, 1.807) is 24.3 Å². The Morgan fingerprint density at radius 2 is 1.88 bits per heavy atom. The fraction of sp³-hybridized carbons (Fsp3) is 0. The Hall–Kier alpha value is -1.53. The highest BCUT2D eigenvalue weighted by Gasteiger charge is 2.22. The van der Waals surface area contributed by atoms with Crippen molar-refractivity contribution in [2.24, 2.45) is 0 Å².